The van der Waals surface area contributed by atoms with Crippen LogP contribution in [0.1, 0.15) is 22.0 Å². The van der Waals surface area contributed by atoms with E-state index in [0.29, 0.717) is 36.8 Å². The number of halogens is 1. The monoisotopic (exact) mass is 438 g/mol. The molecule has 1 saturated heterocycles. The molecule has 4 rings (SSSR count). The summed E-state index contributed by atoms with van der Waals surface area (Å²) in [7, 11) is 1.39. The van der Waals surface area contributed by atoms with Crippen molar-refractivity contribution < 1.29 is 14.3 Å². The van der Waals surface area contributed by atoms with Crippen LogP contribution in [0.5, 0.6) is 0 Å². The molecule has 3 aromatic rings. The molecular weight excluding hydrogens is 416 g/mol. The summed E-state index contributed by atoms with van der Waals surface area (Å²) in [5, 5.41) is 4.81. The van der Waals surface area contributed by atoms with E-state index in [2.05, 4.69) is 5.10 Å². The van der Waals surface area contributed by atoms with E-state index >= 15 is 0 Å². The maximum absolute atomic E-state index is 13.0. The largest absolute Gasteiger partial charge is 0.468 e. The first-order valence-corrected chi connectivity index (χ1v) is 10.4. The van der Waals surface area contributed by atoms with Gasteiger partial charge in [0.2, 0.25) is 0 Å². The fourth-order valence-electron chi connectivity index (χ4n) is 3.80. The highest BCUT2D eigenvalue weighted by molar-refractivity contribution is 6.30. The molecule has 2 heterocycles. The summed E-state index contributed by atoms with van der Waals surface area (Å²) in [6, 6.07) is 15.9. The van der Waals surface area contributed by atoms with E-state index in [1.165, 1.54) is 7.11 Å². The number of rotatable bonds is 5. The summed E-state index contributed by atoms with van der Waals surface area (Å²) in [5.41, 5.74) is 2.35. The molecule has 160 valence electrons. The molecule has 0 radical (unpaired) electrons. The first-order chi connectivity index (χ1) is 15.1. The van der Waals surface area contributed by atoms with Gasteiger partial charge in [0.05, 0.1) is 12.8 Å². The molecule has 0 aliphatic carbocycles. The van der Waals surface area contributed by atoms with Crippen molar-refractivity contribution in [1.29, 1.82) is 0 Å². The van der Waals surface area contributed by atoms with Crippen LogP contribution in [0.4, 0.5) is 0 Å². The lowest BCUT2D eigenvalue weighted by molar-refractivity contribution is -0.148. The molecule has 1 aliphatic heterocycles. The first-order valence-electron chi connectivity index (χ1n) is 10.0. The van der Waals surface area contributed by atoms with Gasteiger partial charge in [-0.15, -0.1) is 0 Å². The zero-order valence-corrected chi connectivity index (χ0v) is 17.9. The van der Waals surface area contributed by atoms with E-state index in [1.54, 1.807) is 23.0 Å². The topological polar surface area (TPSA) is 67.7 Å². The van der Waals surface area contributed by atoms with Gasteiger partial charge in [-0.25, -0.2) is 9.48 Å². The molecule has 1 fully saturated rings. The van der Waals surface area contributed by atoms with E-state index < -0.39 is 6.04 Å². The van der Waals surface area contributed by atoms with Gasteiger partial charge in [0.1, 0.15) is 6.04 Å². The van der Waals surface area contributed by atoms with Gasteiger partial charge in [0, 0.05) is 49.2 Å². The highest BCUT2D eigenvalue weighted by Gasteiger charge is 2.32. The summed E-state index contributed by atoms with van der Waals surface area (Å²) >= 11 is 5.99. The Hall–Kier alpha value is -3.16. The normalized spacial score (nSPS) is 15.5. The van der Waals surface area contributed by atoms with Crippen molar-refractivity contribution >= 4 is 23.5 Å². The minimum Gasteiger partial charge on any atom is -0.468 e. The van der Waals surface area contributed by atoms with Crippen LogP contribution in [-0.4, -0.2) is 64.7 Å². The first kappa shape index (κ1) is 21.1. The number of aromatic nitrogens is 2. The maximum Gasteiger partial charge on any atom is 0.327 e. The van der Waals surface area contributed by atoms with Crippen LogP contribution in [0.3, 0.4) is 0 Å². The number of esters is 1. The second-order valence-corrected chi connectivity index (χ2v) is 7.74. The highest BCUT2D eigenvalue weighted by atomic mass is 35.5. The van der Waals surface area contributed by atoms with Crippen molar-refractivity contribution in [3.8, 4) is 5.69 Å². The SMILES string of the molecule is COC(=O)[C@@H](c1ccc(Cl)cc1)N1CCN(C(=O)c2ccc(-n3cccn3)cc2)CC1. The second kappa shape index (κ2) is 9.32. The maximum atomic E-state index is 13.0. The molecule has 0 saturated carbocycles. The summed E-state index contributed by atoms with van der Waals surface area (Å²) < 4.78 is 6.78. The van der Waals surface area contributed by atoms with Crippen LogP contribution in [0, 0.1) is 0 Å². The Labute approximate surface area is 185 Å². The van der Waals surface area contributed by atoms with Crippen LogP contribution >= 0.6 is 11.6 Å². The minimum atomic E-state index is -0.520. The van der Waals surface area contributed by atoms with Gasteiger partial charge in [0.25, 0.3) is 5.91 Å². The second-order valence-electron chi connectivity index (χ2n) is 7.30. The number of carbonyl (C=O) groups is 2. The zero-order chi connectivity index (χ0) is 21.8. The number of methoxy groups -OCH3 is 1. The average Bonchev–Trinajstić information content (AvgIpc) is 3.35. The van der Waals surface area contributed by atoms with Gasteiger partial charge in [-0.2, -0.15) is 5.10 Å². The molecular formula is C23H23ClN4O3. The Kier molecular flexibility index (Phi) is 6.34. The van der Waals surface area contributed by atoms with Gasteiger partial charge in [-0.05, 0) is 48.0 Å². The Morgan fingerprint density at radius 3 is 2.26 bits per heavy atom. The number of hydrogen-bond acceptors (Lipinski definition) is 5. The number of ether oxygens (including phenoxy) is 1. The Bertz CT molecular complexity index is 1030. The van der Waals surface area contributed by atoms with Crippen LogP contribution in [-0.2, 0) is 9.53 Å². The Morgan fingerprint density at radius 2 is 1.68 bits per heavy atom. The molecule has 1 amide bonds. The third kappa shape index (κ3) is 4.62. The van der Waals surface area contributed by atoms with Gasteiger partial charge >= 0.3 is 5.97 Å². The highest BCUT2D eigenvalue weighted by Crippen LogP contribution is 2.25. The van der Waals surface area contributed by atoms with Crippen molar-refractivity contribution in [1.82, 2.24) is 19.6 Å². The predicted molar refractivity (Wildman–Crippen MR) is 117 cm³/mol. The molecule has 1 aromatic heterocycles. The standard InChI is InChI=1S/C23H23ClN4O3/c1-31-23(30)21(17-3-7-19(24)8-4-17)26-13-15-27(16-14-26)22(29)18-5-9-20(10-6-18)28-12-2-11-25-28/h2-12,21H,13-16H2,1H3/t21-/m1/s1. The number of carbonyl (C=O) groups excluding carboxylic acids is 2. The molecule has 31 heavy (non-hydrogen) atoms. The lowest BCUT2D eigenvalue weighted by Gasteiger charge is -2.38. The van der Waals surface area contributed by atoms with E-state index in [0.717, 1.165) is 11.3 Å². The van der Waals surface area contributed by atoms with Crippen molar-refractivity contribution in [3.63, 3.8) is 0 Å². The van der Waals surface area contributed by atoms with Crippen molar-refractivity contribution in [2.75, 3.05) is 33.3 Å². The Morgan fingerprint density at radius 1 is 1.00 bits per heavy atom. The summed E-state index contributed by atoms with van der Waals surface area (Å²) in [4.78, 5) is 29.3. The van der Waals surface area contributed by atoms with Gasteiger partial charge in [-0.1, -0.05) is 23.7 Å². The van der Waals surface area contributed by atoms with E-state index in [9.17, 15) is 9.59 Å². The zero-order valence-electron chi connectivity index (χ0n) is 17.1. The van der Waals surface area contributed by atoms with E-state index in [-0.39, 0.29) is 11.9 Å². The number of piperazine rings is 1. The van der Waals surface area contributed by atoms with Crippen molar-refractivity contribution in [3.05, 3.63) is 83.1 Å². The lowest BCUT2D eigenvalue weighted by atomic mass is 10.0. The number of amides is 1. The van der Waals surface area contributed by atoms with Crippen LogP contribution < -0.4 is 0 Å². The lowest BCUT2D eigenvalue weighted by Crippen LogP contribution is -2.51. The summed E-state index contributed by atoms with van der Waals surface area (Å²) in [5.74, 6) is -0.343. The summed E-state index contributed by atoms with van der Waals surface area (Å²) in [6.07, 6.45) is 3.57. The fourth-order valence-corrected chi connectivity index (χ4v) is 3.92. The smallest absolute Gasteiger partial charge is 0.327 e. The van der Waals surface area contributed by atoms with E-state index in [1.807, 2.05) is 58.5 Å². The molecule has 8 heteroatoms. The fraction of sp³-hybridized carbons (Fsp3) is 0.261. The molecule has 0 N–H and O–H groups in total. The van der Waals surface area contributed by atoms with Crippen molar-refractivity contribution in [2.45, 2.75) is 6.04 Å². The quantitative estimate of drug-likeness (QED) is 0.572. The number of benzene rings is 2. The third-order valence-electron chi connectivity index (χ3n) is 5.46. The average molecular weight is 439 g/mol. The molecule has 2 aromatic carbocycles. The van der Waals surface area contributed by atoms with Gasteiger partial charge in [0.15, 0.2) is 0 Å². The molecule has 7 nitrogen and oxygen atoms in total. The van der Waals surface area contributed by atoms with Crippen LogP contribution in [0.15, 0.2) is 67.0 Å². The predicted octanol–water partition coefficient (Wildman–Crippen LogP) is 3.20. The number of nitrogens with zero attached hydrogens (tertiary/aromatic N) is 4. The third-order valence-corrected chi connectivity index (χ3v) is 5.71. The number of hydrogen-bond donors (Lipinski definition) is 0. The van der Waals surface area contributed by atoms with Crippen LogP contribution in [0.25, 0.3) is 5.69 Å². The molecule has 1 atom stereocenters. The molecule has 0 spiro atoms. The van der Waals surface area contributed by atoms with Gasteiger partial charge in [-0.3, -0.25) is 9.69 Å². The molecule has 1 aliphatic rings. The van der Waals surface area contributed by atoms with Crippen molar-refractivity contribution in [2.24, 2.45) is 0 Å². The van der Waals surface area contributed by atoms with Crippen LogP contribution in [0.2, 0.25) is 5.02 Å². The summed E-state index contributed by atoms with van der Waals surface area (Å²) in [6.45, 7) is 2.20. The molecule has 0 bridgehead atoms. The van der Waals surface area contributed by atoms with Gasteiger partial charge < -0.3 is 9.64 Å². The molecule has 0 unspecified atom stereocenters. The van der Waals surface area contributed by atoms with E-state index in [4.69, 9.17) is 16.3 Å². The Balaban J connectivity index is 1.42. The minimum absolute atomic E-state index is 0.0206.